The summed E-state index contributed by atoms with van der Waals surface area (Å²) in [7, 11) is 0. The van der Waals surface area contributed by atoms with Crippen molar-refractivity contribution in [2.75, 3.05) is 23.3 Å². The highest BCUT2D eigenvalue weighted by atomic mass is 35.5. The van der Waals surface area contributed by atoms with E-state index in [1.54, 1.807) is 24.5 Å². The summed E-state index contributed by atoms with van der Waals surface area (Å²) in [6.07, 6.45) is 5.37. The molecular formula is C22H27ClF3N5. The highest BCUT2D eigenvalue weighted by Crippen LogP contribution is 2.31. The third kappa shape index (κ3) is 5.80. The van der Waals surface area contributed by atoms with Gasteiger partial charge >= 0.3 is 6.18 Å². The third-order valence-electron chi connectivity index (χ3n) is 6.13. The van der Waals surface area contributed by atoms with Gasteiger partial charge in [0.05, 0.1) is 23.0 Å². The van der Waals surface area contributed by atoms with Gasteiger partial charge in [-0.05, 0) is 49.9 Å². The fourth-order valence-corrected chi connectivity index (χ4v) is 4.67. The van der Waals surface area contributed by atoms with E-state index in [4.69, 9.17) is 11.6 Å². The second-order valence-electron chi connectivity index (χ2n) is 8.36. The largest absolute Gasteiger partial charge is 0.416 e. The van der Waals surface area contributed by atoms with Gasteiger partial charge in [-0.1, -0.05) is 24.4 Å². The monoisotopic (exact) mass is 453 g/mol. The van der Waals surface area contributed by atoms with Gasteiger partial charge in [-0.15, -0.1) is 0 Å². The van der Waals surface area contributed by atoms with Gasteiger partial charge in [0.15, 0.2) is 0 Å². The van der Waals surface area contributed by atoms with Crippen LogP contribution in [0, 0.1) is 0 Å². The summed E-state index contributed by atoms with van der Waals surface area (Å²) in [4.78, 5) is 10.7. The topological polar surface area (TPSA) is 53.1 Å². The molecule has 2 aromatic rings. The van der Waals surface area contributed by atoms with Crippen LogP contribution in [-0.2, 0) is 6.18 Å². The van der Waals surface area contributed by atoms with Crippen LogP contribution in [0.15, 0.2) is 36.7 Å². The Morgan fingerprint density at radius 3 is 2.29 bits per heavy atom. The first kappa shape index (κ1) is 22.1. The second kappa shape index (κ2) is 9.61. The molecule has 0 radical (unpaired) electrons. The minimum Gasteiger partial charge on any atom is -0.370 e. The minimum absolute atomic E-state index is 0.233. The number of nitrogens with one attached hydrogen (secondary N) is 2. The zero-order chi connectivity index (χ0) is 21.8. The summed E-state index contributed by atoms with van der Waals surface area (Å²) in [6, 6.07) is 6.30. The van der Waals surface area contributed by atoms with Gasteiger partial charge in [-0.25, -0.2) is 9.97 Å². The number of rotatable bonds is 5. The van der Waals surface area contributed by atoms with Crippen LogP contribution in [0.3, 0.4) is 0 Å². The van der Waals surface area contributed by atoms with Crippen LogP contribution in [0.2, 0.25) is 5.02 Å². The van der Waals surface area contributed by atoms with Gasteiger partial charge in [-0.3, -0.25) is 0 Å². The summed E-state index contributed by atoms with van der Waals surface area (Å²) in [5.41, 5.74) is 0.232. The number of anilines is 2. The van der Waals surface area contributed by atoms with Crippen LogP contribution in [0.1, 0.15) is 44.1 Å². The van der Waals surface area contributed by atoms with Gasteiger partial charge in [-0.2, -0.15) is 13.2 Å². The maximum Gasteiger partial charge on any atom is 0.416 e. The van der Waals surface area contributed by atoms with E-state index in [9.17, 15) is 13.2 Å². The smallest absolute Gasteiger partial charge is 0.370 e. The molecule has 2 N–H and O–H groups in total. The number of aromatic nitrogens is 2. The molecule has 0 spiro atoms. The third-order valence-corrected chi connectivity index (χ3v) is 6.33. The van der Waals surface area contributed by atoms with Crippen molar-refractivity contribution < 1.29 is 13.2 Å². The number of piperidine rings is 1. The van der Waals surface area contributed by atoms with Crippen LogP contribution in [0.4, 0.5) is 24.8 Å². The van der Waals surface area contributed by atoms with E-state index < -0.39 is 11.7 Å². The predicted octanol–water partition coefficient (Wildman–Crippen LogP) is 5.13. The molecule has 31 heavy (non-hydrogen) atoms. The predicted molar refractivity (Wildman–Crippen MR) is 117 cm³/mol. The maximum atomic E-state index is 12.9. The maximum absolute atomic E-state index is 12.9. The summed E-state index contributed by atoms with van der Waals surface area (Å²) < 4.78 is 38.6. The molecule has 168 valence electrons. The van der Waals surface area contributed by atoms with Crippen LogP contribution < -0.4 is 15.5 Å². The molecule has 2 heterocycles. The van der Waals surface area contributed by atoms with Crippen molar-refractivity contribution in [2.24, 2.45) is 0 Å². The molecule has 0 bridgehead atoms. The SMILES string of the molecule is FC(F)(F)c1ccc(N2CCCC(N[C@@H]3CCCCC3Nc3ncc(Cl)cn3)C2)cc1. The Bertz CT molecular complexity index is 844. The molecule has 1 aliphatic heterocycles. The van der Waals surface area contributed by atoms with Crippen molar-refractivity contribution >= 4 is 23.2 Å². The number of nitrogens with zero attached hydrogens (tertiary/aromatic N) is 3. The van der Waals surface area contributed by atoms with Crippen LogP contribution in [-0.4, -0.2) is 41.2 Å². The van der Waals surface area contributed by atoms with Gasteiger partial charge in [0, 0.05) is 36.9 Å². The lowest BCUT2D eigenvalue weighted by Gasteiger charge is -2.40. The molecular weight excluding hydrogens is 427 g/mol. The fraction of sp³-hybridized carbons (Fsp3) is 0.545. The molecule has 1 saturated carbocycles. The number of hydrogen-bond donors (Lipinski definition) is 2. The Labute approximate surface area is 185 Å². The van der Waals surface area contributed by atoms with Gasteiger partial charge in [0.1, 0.15) is 0 Å². The van der Waals surface area contributed by atoms with Crippen molar-refractivity contribution in [3.05, 3.63) is 47.2 Å². The first-order valence-corrected chi connectivity index (χ1v) is 11.2. The molecule has 2 aliphatic rings. The molecule has 1 aliphatic carbocycles. The minimum atomic E-state index is -4.30. The van der Waals surface area contributed by atoms with Gasteiger partial charge in [0.25, 0.3) is 0 Å². The Morgan fingerprint density at radius 1 is 0.935 bits per heavy atom. The number of benzene rings is 1. The summed E-state index contributed by atoms with van der Waals surface area (Å²) in [5.74, 6) is 0.582. The van der Waals surface area contributed by atoms with Crippen molar-refractivity contribution in [1.82, 2.24) is 15.3 Å². The number of hydrogen-bond acceptors (Lipinski definition) is 5. The van der Waals surface area contributed by atoms with Gasteiger partial charge < -0.3 is 15.5 Å². The summed E-state index contributed by atoms with van der Waals surface area (Å²) in [6.45, 7) is 1.64. The quantitative estimate of drug-likeness (QED) is 0.657. The van der Waals surface area contributed by atoms with E-state index in [0.717, 1.165) is 50.9 Å². The van der Waals surface area contributed by atoms with E-state index in [-0.39, 0.29) is 12.1 Å². The van der Waals surface area contributed by atoms with E-state index in [2.05, 4.69) is 25.5 Å². The van der Waals surface area contributed by atoms with Crippen molar-refractivity contribution in [3.8, 4) is 0 Å². The van der Waals surface area contributed by atoms with E-state index in [1.165, 1.54) is 18.6 Å². The molecule has 5 nitrogen and oxygen atoms in total. The fourth-order valence-electron chi connectivity index (χ4n) is 4.57. The van der Waals surface area contributed by atoms with E-state index >= 15 is 0 Å². The lowest BCUT2D eigenvalue weighted by Crippen LogP contribution is -2.55. The standard InChI is InChI=1S/C22H27ClF3N5/c23-16-12-27-21(28-13-16)30-20-6-2-1-5-19(20)29-17-4-3-11-31(14-17)18-9-7-15(8-10-18)22(24,25)26/h7-10,12-13,17,19-20,29H,1-6,11,14H2,(H,27,28,30)/t17?,19-,20?/m1/s1. The highest BCUT2D eigenvalue weighted by molar-refractivity contribution is 6.30. The normalized spacial score (nSPS) is 24.8. The van der Waals surface area contributed by atoms with Crippen molar-refractivity contribution in [3.63, 3.8) is 0 Å². The Balaban J connectivity index is 1.37. The van der Waals surface area contributed by atoms with Crippen LogP contribution in [0.25, 0.3) is 0 Å². The molecule has 4 rings (SSSR count). The lowest BCUT2D eigenvalue weighted by atomic mass is 9.89. The molecule has 1 aromatic carbocycles. The molecule has 9 heteroatoms. The Hall–Kier alpha value is -2.06. The van der Waals surface area contributed by atoms with E-state index in [0.29, 0.717) is 17.0 Å². The summed E-state index contributed by atoms with van der Waals surface area (Å²) in [5, 5.41) is 7.77. The Kier molecular flexibility index (Phi) is 6.86. The zero-order valence-corrected chi connectivity index (χ0v) is 18.0. The number of halogens is 4. The van der Waals surface area contributed by atoms with E-state index in [1.807, 2.05) is 0 Å². The van der Waals surface area contributed by atoms with Crippen LogP contribution >= 0.6 is 11.6 Å². The lowest BCUT2D eigenvalue weighted by molar-refractivity contribution is -0.137. The Morgan fingerprint density at radius 2 is 1.61 bits per heavy atom. The van der Waals surface area contributed by atoms with Gasteiger partial charge in [0.2, 0.25) is 5.95 Å². The average Bonchev–Trinajstić information content (AvgIpc) is 2.76. The first-order valence-electron chi connectivity index (χ1n) is 10.8. The first-order chi connectivity index (χ1) is 14.9. The second-order valence-corrected chi connectivity index (χ2v) is 8.80. The molecule has 1 saturated heterocycles. The summed E-state index contributed by atoms with van der Waals surface area (Å²) >= 11 is 5.88. The van der Waals surface area contributed by atoms with Crippen LogP contribution in [0.5, 0.6) is 0 Å². The van der Waals surface area contributed by atoms with Crippen molar-refractivity contribution in [1.29, 1.82) is 0 Å². The number of alkyl halides is 3. The van der Waals surface area contributed by atoms with Crippen molar-refractivity contribution in [2.45, 2.75) is 62.8 Å². The highest BCUT2D eigenvalue weighted by Gasteiger charge is 2.31. The molecule has 2 fully saturated rings. The average molecular weight is 454 g/mol. The zero-order valence-electron chi connectivity index (χ0n) is 17.2. The molecule has 1 aromatic heterocycles. The molecule has 3 atom stereocenters. The molecule has 0 amide bonds. The molecule has 2 unspecified atom stereocenters.